The summed E-state index contributed by atoms with van der Waals surface area (Å²) in [5.41, 5.74) is 0. The second-order valence-electron chi connectivity index (χ2n) is 4.04. The van der Waals surface area contributed by atoms with Gasteiger partial charge < -0.3 is 0 Å². The lowest BCUT2D eigenvalue weighted by Crippen LogP contribution is -2.07. The second kappa shape index (κ2) is 6.21. The Morgan fingerprint density at radius 3 is 2.63 bits per heavy atom. The van der Waals surface area contributed by atoms with Crippen LogP contribution in [0.3, 0.4) is 0 Å². The van der Waals surface area contributed by atoms with Gasteiger partial charge in [0.2, 0.25) is 5.16 Å². The number of aromatic nitrogens is 3. The van der Waals surface area contributed by atoms with Crippen molar-refractivity contribution in [3.63, 3.8) is 0 Å². The summed E-state index contributed by atoms with van der Waals surface area (Å²) in [6, 6.07) is 8.53. The van der Waals surface area contributed by atoms with Gasteiger partial charge in [0.25, 0.3) is 0 Å². The molecule has 19 heavy (non-hydrogen) atoms. The van der Waals surface area contributed by atoms with E-state index in [0.717, 1.165) is 5.82 Å². The Bertz CT molecular complexity index is 623. The van der Waals surface area contributed by atoms with Crippen molar-refractivity contribution in [1.82, 2.24) is 15.2 Å². The van der Waals surface area contributed by atoms with Crippen molar-refractivity contribution >= 4 is 21.6 Å². The summed E-state index contributed by atoms with van der Waals surface area (Å²) in [6.45, 7) is 1.83. The third-order valence-corrected chi connectivity index (χ3v) is 5.22. The lowest BCUT2D eigenvalue weighted by Gasteiger charge is -2.03. The largest absolute Gasteiger partial charge is 0.262 e. The first kappa shape index (κ1) is 14.1. The molecular weight excluding hydrogens is 282 g/mol. The fourth-order valence-corrected chi connectivity index (χ4v) is 3.84. The molecule has 1 heterocycles. The monoisotopic (exact) mass is 297 g/mol. The minimum atomic E-state index is -3.17. The zero-order valence-corrected chi connectivity index (χ0v) is 12.2. The van der Waals surface area contributed by atoms with Crippen molar-refractivity contribution in [2.24, 2.45) is 0 Å². The number of nitrogens with zero attached hydrogens (tertiary/aromatic N) is 2. The van der Waals surface area contributed by atoms with Gasteiger partial charge in [-0.15, -0.1) is 5.10 Å². The number of aromatic amines is 1. The van der Waals surface area contributed by atoms with E-state index in [2.05, 4.69) is 15.2 Å². The number of rotatable bonds is 6. The van der Waals surface area contributed by atoms with E-state index in [1.807, 2.05) is 6.92 Å². The van der Waals surface area contributed by atoms with Gasteiger partial charge in [-0.1, -0.05) is 30.0 Å². The van der Waals surface area contributed by atoms with Gasteiger partial charge in [0, 0.05) is 5.75 Å². The molecule has 0 aliphatic heterocycles. The van der Waals surface area contributed by atoms with Crippen LogP contribution in [0.1, 0.15) is 12.2 Å². The van der Waals surface area contributed by atoms with Gasteiger partial charge in [-0.3, -0.25) is 5.10 Å². The molecule has 0 aliphatic rings. The fourth-order valence-electron chi connectivity index (χ4n) is 1.54. The summed E-state index contributed by atoms with van der Waals surface area (Å²) in [5, 5.41) is 7.40. The maximum absolute atomic E-state index is 12.0. The Kier molecular flexibility index (Phi) is 4.60. The van der Waals surface area contributed by atoms with Crippen molar-refractivity contribution in [3.05, 3.63) is 36.2 Å². The fraction of sp³-hybridized carbons (Fsp3) is 0.333. The number of hydrogen-bond donors (Lipinski definition) is 1. The van der Waals surface area contributed by atoms with E-state index >= 15 is 0 Å². The van der Waals surface area contributed by atoms with Crippen molar-refractivity contribution in [2.75, 3.05) is 11.5 Å². The molecular formula is C12H15N3O2S2. The van der Waals surface area contributed by atoms with Gasteiger partial charge >= 0.3 is 0 Å². The van der Waals surface area contributed by atoms with Crippen LogP contribution in [-0.2, 0) is 9.84 Å². The average Bonchev–Trinajstić information content (AvgIpc) is 2.82. The molecule has 5 nitrogen and oxygen atoms in total. The normalized spacial score (nSPS) is 11.6. The summed E-state index contributed by atoms with van der Waals surface area (Å²) >= 11 is 1.46. The maximum atomic E-state index is 12.0. The molecule has 0 aliphatic carbocycles. The van der Waals surface area contributed by atoms with E-state index in [0.29, 0.717) is 22.2 Å². The maximum Gasteiger partial charge on any atom is 0.208 e. The Balaban J connectivity index is 1.82. The van der Waals surface area contributed by atoms with Crippen LogP contribution in [0.2, 0.25) is 0 Å². The smallest absolute Gasteiger partial charge is 0.208 e. The first-order chi connectivity index (χ1) is 9.08. The number of aryl methyl sites for hydroxylation is 1. The molecule has 2 aromatic rings. The number of H-pyrrole nitrogens is 1. The molecule has 102 valence electrons. The lowest BCUT2D eigenvalue weighted by atomic mass is 10.4. The van der Waals surface area contributed by atoms with Crippen LogP contribution in [0.15, 0.2) is 40.4 Å². The molecule has 1 aromatic heterocycles. The Hall–Kier alpha value is -1.34. The van der Waals surface area contributed by atoms with Gasteiger partial charge in [-0.05, 0) is 25.5 Å². The zero-order valence-electron chi connectivity index (χ0n) is 10.5. The molecule has 0 saturated carbocycles. The van der Waals surface area contributed by atoms with Crippen LogP contribution in [0.25, 0.3) is 0 Å². The quantitative estimate of drug-likeness (QED) is 0.652. The number of sulfone groups is 1. The van der Waals surface area contributed by atoms with Gasteiger partial charge in [-0.25, -0.2) is 13.4 Å². The molecule has 0 radical (unpaired) electrons. The predicted octanol–water partition coefficient (Wildman–Crippen LogP) is 2.07. The standard InChI is InChI=1S/C12H15N3O2S2/c1-10-13-12(15-14-10)18-8-5-9-19(16,17)11-6-3-2-4-7-11/h2-4,6-7H,5,8-9H2,1H3,(H,13,14,15). The van der Waals surface area contributed by atoms with E-state index in [9.17, 15) is 8.42 Å². The summed E-state index contributed by atoms with van der Waals surface area (Å²) < 4.78 is 24.0. The number of hydrogen-bond acceptors (Lipinski definition) is 5. The van der Waals surface area contributed by atoms with Crippen LogP contribution >= 0.6 is 11.8 Å². The van der Waals surface area contributed by atoms with E-state index in [1.165, 1.54) is 11.8 Å². The first-order valence-electron chi connectivity index (χ1n) is 5.87. The van der Waals surface area contributed by atoms with Crippen LogP contribution < -0.4 is 0 Å². The predicted molar refractivity (Wildman–Crippen MR) is 75.0 cm³/mol. The van der Waals surface area contributed by atoms with Gasteiger partial charge in [-0.2, -0.15) is 0 Å². The molecule has 0 amide bonds. The third kappa shape index (κ3) is 4.07. The third-order valence-electron chi connectivity index (χ3n) is 2.47. The molecule has 1 aromatic carbocycles. The number of benzene rings is 1. The number of thioether (sulfide) groups is 1. The van der Waals surface area contributed by atoms with Crippen molar-refractivity contribution in [2.45, 2.75) is 23.4 Å². The van der Waals surface area contributed by atoms with E-state index in [-0.39, 0.29) is 5.75 Å². The van der Waals surface area contributed by atoms with Crippen LogP contribution in [0.4, 0.5) is 0 Å². The zero-order chi connectivity index (χ0) is 13.7. The van der Waals surface area contributed by atoms with Crippen LogP contribution in [0, 0.1) is 6.92 Å². The van der Waals surface area contributed by atoms with Gasteiger partial charge in [0.1, 0.15) is 5.82 Å². The average molecular weight is 297 g/mol. The topological polar surface area (TPSA) is 75.7 Å². The Labute approximate surface area is 116 Å². The minimum absolute atomic E-state index is 0.146. The summed E-state index contributed by atoms with van der Waals surface area (Å²) in [7, 11) is -3.17. The van der Waals surface area contributed by atoms with Crippen LogP contribution in [-0.4, -0.2) is 35.1 Å². The Morgan fingerprint density at radius 1 is 1.26 bits per heavy atom. The van der Waals surface area contributed by atoms with Crippen molar-refractivity contribution in [3.8, 4) is 0 Å². The SMILES string of the molecule is Cc1nc(SCCCS(=O)(=O)c2ccccc2)n[nH]1. The Morgan fingerprint density at radius 2 is 2.00 bits per heavy atom. The van der Waals surface area contributed by atoms with E-state index in [4.69, 9.17) is 0 Å². The summed E-state index contributed by atoms with van der Waals surface area (Å²) in [4.78, 5) is 4.53. The minimum Gasteiger partial charge on any atom is -0.262 e. The highest BCUT2D eigenvalue weighted by molar-refractivity contribution is 7.99. The van der Waals surface area contributed by atoms with Crippen LogP contribution in [0.5, 0.6) is 0 Å². The highest BCUT2D eigenvalue weighted by Crippen LogP contribution is 2.16. The lowest BCUT2D eigenvalue weighted by molar-refractivity contribution is 0.595. The highest BCUT2D eigenvalue weighted by Gasteiger charge is 2.13. The van der Waals surface area contributed by atoms with Gasteiger partial charge in [0.15, 0.2) is 9.84 Å². The first-order valence-corrected chi connectivity index (χ1v) is 8.51. The molecule has 2 rings (SSSR count). The molecule has 1 N–H and O–H groups in total. The molecule has 0 atom stereocenters. The second-order valence-corrected chi connectivity index (χ2v) is 7.21. The number of nitrogens with one attached hydrogen (secondary N) is 1. The van der Waals surface area contributed by atoms with Crippen molar-refractivity contribution < 1.29 is 8.42 Å². The van der Waals surface area contributed by atoms with E-state index < -0.39 is 9.84 Å². The molecule has 0 spiro atoms. The summed E-state index contributed by atoms with van der Waals surface area (Å²) in [6.07, 6.45) is 0.579. The molecule has 0 unspecified atom stereocenters. The molecule has 0 bridgehead atoms. The highest BCUT2D eigenvalue weighted by atomic mass is 32.2. The summed E-state index contributed by atoms with van der Waals surface area (Å²) in [5.74, 6) is 1.59. The van der Waals surface area contributed by atoms with Gasteiger partial charge in [0.05, 0.1) is 10.6 Å². The molecule has 0 saturated heterocycles. The van der Waals surface area contributed by atoms with Crippen molar-refractivity contribution in [1.29, 1.82) is 0 Å². The van der Waals surface area contributed by atoms with E-state index in [1.54, 1.807) is 30.3 Å². The molecule has 7 heteroatoms. The molecule has 0 fully saturated rings.